The normalized spacial score (nSPS) is 15.8. The molecule has 7 nitrogen and oxygen atoms in total. The molecule has 1 saturated heterocycles. The topological polar surface area (TPSA) is 84.1 Å². The summed E-state index contributed by atoms with van der Waals surface area (Å²) in [6, 6.07) is 12.8. The van der Waals surface area contributed by atoms with Gasteiger partial charge in [-0.1, -0.05) is 41.4 Å². The highest BCUT2D eigenvalue weighted by Crippen LogP contribution is 2.31. The van der Waals surface area contributed by atoms with Crippen LogP contribution in [0.2, 0.25) is 10.0 Å². The van der Waals surface area contributed by atoms with Crippen molar-refractivity contribution in [1.82, 2.24) is 25.1 Å². The molecule has 0 radical (unpaired) electrons. The van der Waals surface area contributed by atoms with Crippen molar-refractivity contribution < 1.29 is 9.90 Å². The Labute approximate surface area is 202 Å². The second-order valence-corrected chi connectivity index (χ2v) is 9.08. The SMILES string of the molecule is Cc1nnn(Cc2cc(Cl)ccc2/C=C/C(=O)N2CCC(C(O)c3ccc(Cl)cc3)CC2)n1. The van der Waals surface area contributed by atoms with Gasteiger partial charge >= 0.3 is 0 Å². The van der Waals surface area contributed by atoms with Gasteiger partial charge in [0.25, 0.3) is 0 Å². The largest absolute Gasteiger partial charge is 0.388 e. The summed E-state index contributed by atoms with van der Waals surface area (Å²) in [5.41, 5.74) is 2.63. The summed E-state index contributed by atoms with van der Waals surface area (Å²) in [4.78, 5) is 16.1. The molecule has 2 aromatic carbocycles. The van der Waals surface area contributed by atoms with E-state index >= 15 is 0 Å². The lowest BCUT2D eigenvalue weighted by molar-refractivity contribution is -0.127. The van der Waals surface area contributed by atoms with Crippen molar-refractivity contribution in [1.29, 1.82) is 0 Å². The third kappa shape index (κ3) is 5.99. The first kappa shape index (κ1) is 23.4. The van der Waals surface area contributed by atoms with Gasteiger partial charge in [-0.05, 0) is 77.9 Å². The van der Waals surface area contributed by atoms with E-state index in [-0.39, 0.29) is 11.8 Å². The maximum Gasteiger partial charge on any atom is 0.246 e. The highest BCUT2D eigenvalue weighted by molar-refractivity contribution is 6.30. The minimum atomic E-state index is -0.555. The Morgan fingerprint density at radius 1 is 1.15 bits per heavy atom. The number of aliphatic hydroxyl groups is 1. The predicted octanol–water partition coefficient (Wildman–Crippen LogP) is 4.32. The first-order valence-electron chi connectivity index (χ1n) is 10.8. The number of halogens is 2. The summed E-state index contributed by atoms with van der Waals surface area (Å²) in [5, 5.41) is 24.1. The van der Waals surface area contributed by atoms with Crippen molar-refractivity contribution in [2.24, 2.45) is 5.92 Å². The van der Waals surface area contributed by atoms with E-state index in [1.807, 2.05) is 29.2 Å². The van der Waals surface area contributed by atoms with Gasteiger partial charge in [-0.15, -0.1) is 10.2 Å². The molecule has 0 aliphatic carbocycles. The zero-order chi connectivity index (χ0) is 23.4. The van der Waals surface area contributed by atoms with Crippen molar-refractivity contribution >= 4 is 35.2 Å². The Kier molecular flexibility index (Phi) is 7.42. The summed E-state index contributed by atoms with van der Waals surface area (Å²) in [6.45, 7) is 3.39. The fraction of sp³-hybridized carbons (Fsp3) is 0.333. The number of nitrogens with zero attached hydrogens (tertiary/aromatic N) is 5. The average Bonchev–Trinajstić information content (AvgIpc) is 3.23. The van der Waals surface area contributed by atoms with E-state index in [0.717, 1.165) is 29.5 Å². The zero-order valence-electron chi connectivity index (χ0n) is 18.2. The Hall–Kier alpha value is -2.74. The van der Waals surface area contributed by atoms with Crippen LogP contribution in [0.1, 0.15) is 41.5 Å². The molecule has 0 spiro atoms. The predicted molar refractivity (Wildman–Crippen MR) is 128 cm³/mol. The van der Waals surface area contributed by atoms with Crippen LogP contribution in [0.4, 0.5) is 0 Å². The van der Waals surface area contributed by atoms with Gasteiger partial charge in [0.15, 0.2) is 5.82 Å². The molecule has 4 rings (SSSR count). The van der Waals surface area contributed by atoms with Crippen LogP contribution in [0.5, 0.6) is 0 Å². The van der Waals surface area contributed by atoms with Crippen LogP contribution < -0.4 is 0 Å². The quantitative estimate of drug-likeness (QED) is 0.525. The number of aryl methyl sites for hydroxylation is 1. The molecule has 1 aliphatic heterocycles. The second-order valence-electron chi connectivity index (χ2n) is 8.20. The molecule has 1 unspecified atom stereocenters. The molecule has 0 bridgehead atoms. The molecule has 33 heavy (non-hydrogen) atoms. The van der Waals surface area contributed by atoms with Crippen LogP contribution in [-0.2, 0) is 11.3 Å². The molecule has 3 aromatic rings. The van der Waals surface area contributed by atoms with Crippen molar-refractivity contribution in [3.05, 3.63) is 81.1 Å². The van der Waals surface area contributed by atoms with Crippen LogP contribution >= 0.6 is 23.2 Å². The number of amides is 1. The monoisotopic (exact) mass is 485 g/mol. The number of aromatic nitrogens is 4. The molecule has 1 amide bonds. The number of tetrazole rings is 1. The summed E-state index contributed by atoms with van der Waals surface area (Å²) < 4.78 is 0. The number of hydrogen-bond donors (Lipinski definition) is 1. The third-order valence-corrected chi connectivity index (χ3v) is 6.37. The van der Waals surface area contributed by atoms with E-state index in [2.05, 4.69) is 15.4 Å². The molecule has 1 N–H and O–H groups in total. The summed E-state index contributed by atoms with van der Waals surface area (Å²) in [7, 11) is 0. The number of aliphatic hydroxyl groups excluding tert-OH is 1. The highest BCUT2D eigenvalue weighted by Gasteiger charge is 2.27. The van der Waals surface area contributed by atoms with Gasteiger partial charge in [0.2, 0.25) is 5.91 Å². The van der Waals surface area contributed by atoms with Crippen LogP contribution in [0.15, 0.2) is 48.5 Å². The van der Waals surface area contributed by atoms with Crippen molar-refractivity contribution in [2.45, 2.75) is 32.4 Å². The molecule has 0 saturated carbocycles. The number of carbonyl (C=O) groups is 1. The van der Waals surface area contributed by atoms with Gasteiger partial charge in [0.05, 0.1) is 12.6 Å². The number of likely N-dealkylation sites (tertiary alicyclic amines) is 1. The molecule has 9 heteroatoms. The lowest BCUT2D eigenvalue weighted by Crippen LogP contribution is -2.38. The standard InChI is InChI=1S/C24H25Cl2N5O2/c1-16-27-29-31(28-16)15-20-14-22(26)8-2-17(20)5-9-23(32)30-12-10-19(11-13-30)24(33)18-3-6-21(25)7-4-18/h2-9,14,19,24,33H,10-13,15H2,1H3/b9-5+. The van der Waals surface area contributed by atoms with E-state index in [0.29, 0.717) is 35.5 Å². The number of rotatable bonds is 6. The van der Waals surface area contributed by atoms with Crippen LogP contribution in [0.3, 0.4) is 0 Å². The van der Waals surface area contributed by atoms with Gasteiger partial charge in [0.1, 0.15) is 0 Å². The van der Waals surface area contributed by atoms with Gasteiger partial charge in [-0.2, -0.15) is 4.80 Å². The second kappa shape index (κ2) is 10.5. The molecule has 1 atom stereocenters. The van der Waals surface area contributed by atoms with Crippen molar-refractivity contribution in [2.75, 3.05) is 13.1 Å². The average molecular weight is 486 g/mol. The third-order valence-electron chi connectivity index (χ3n) is 5.88. The highest BCUT2D eigenvalue weighted by atomic mass is 35.5. The minimum Gasteiger partial charge on any atom is -0.388 e. The van der Waals surface area contributed by atoms with E-state index < -0.39 is 6.10 Å². The first-order chi connectivity index (χ1) is 15.9. The smallest absolute Gasteiger partial charge is 0.246 e. The number of piperidine rings is 1. The maximum absolute atomic E-state index is 12.8. The molecule has 2 heterocycles. The Morgan fingerprint density at radius 3 is 2.52 bits per heavy atom. The number of carbonyl (C=O) groups excluding carboxylic acids is 1. The lowest BCUT2D eigenvalue weighted by Gasteiger charge is -2.34. The van der Waals surface area contributed by atoms with Gasteiger partial charge < -0.3 is 10.0 Å². The van der Waals surface area contributed by atoms with Gasteiger partial charge in [-0.3, -0.25) is 4.79 Å². The van der Waals surface area contributed by atoms with Crippen molar-refractivity contribution in [3.8, 4) is 0 Å². The minimum absolute atomic E-state index is 0.0509. The fourth-order valence-electron chi connectivity index (χ4n) is 4.05. The molecule has 1 aromatic heterocycles. The summed E-state index contributed by atoms with van der Waals surface area (Å²) in [6.07, 6.45) is 4.32. The fourth-order valence-corrected chi connectivity index (χ4v) is 4.37. The zero-order valence-corrected chi connectivity index (χ0v) is 19.7. The summed E-state index contributed by atoms with van der Waals surface area (Å²) in [5.74, 6) is 0.652. The van der Waals surface area contributed by atoms with Crippen molar-refractivity contribution in [3.63, 3.8) is 0 Å². The Bertz CT molecular complexity index is 1140. The van der Waals surface area contributed by atoms with Gasteiger partial charge in [0, 0.05) is 29.2 Å². The first-order valence-corrected chi connectivity index (χ1v) is 11.6. The Morgan fingerprint density at radius 2 is 1.85 bits per heavy atom. The van der Waals surface area contributed by atoms with Crippen LogP contribution in [0, 0.1) is 12.8 Å². The van der Waals surface area contributed by atoms with E-state index in [1.165, 1.54) is 4.80 Å². The van der Waals surface area contributed by atoms with Gasteiger partial charge in [-0.25, -0.2) is 0 Å². The lowest BCUT2D eigenvalue weighted by atomic mass is 9.87. The molecule has 172 valence electrons. The number of benzene rings is 2. The molecular formula is C24H25Cl2N5O2. The molecular weight excluding hydrogens is 461 g/mol. The van der Waals surface area contributed by atoms with E-state index in [1.54, 1.807) is 37.3 Å². The maximum atomic E-state index is 12.8. The van der Waals surface area contributed by atoms with Crippen LogP contribution in [-0.4, -0.2) is 49.2 Å². The summed E-state index contributed by atoms with van der Waals surface area (Å²) >= 11 is 12.1. The molecule has 1 fully saturated rings. The number of hydrogen-bond acceptors (Lipinski definition) is 5. The van der Waals surface area contributed by atoms with E-state index in [9.17, 15) is 9.90 Å². The van der Waals surface area contributed by atoms with E-state index in [4.69, 9.17) is 23.2 Å². The van der Waals surface area contributed by atoms with Crippen LogP contribution in [0.25, 0.3) is 6.08 Å². The Balaban J connectivity index is 1.37. The molecule has 1 aliphatic rings.